The summed E-state index contributed by atoms with van der Waals surface area (Å²) in [7, 11) is 0. The molecule has 108 valence electrons. The number of nitrogen functional groups attached to an aromatic ring is 2. The van der Waals surface area contributed by atoms with Crippen molar-refractivity contribution in [3.05, 3.63) is 54.5 Å². The van der Waals surface area contributed by atoms with Gasteiger partial charge in [-0.2, -0.15) is 4.98 Å². The van der Waals surface area contributed by atoms with Crippen LogP contribution in [0.15, 0.2) is 48.8 Å². The molecule has 3 aromatic heterocycles. The van der Waals surface area contributed by atoms with Gasteiger partial charge in [-0.05, 0) is 30.3 Å². The van der Waals surface area contributed by atoms with Crippen LogP contribution < -0.4 is 11.5 Å². The van der Waals surface area contributed by atoms with Gasteiger partial charge in [-0.1, -0.05) is 6.07 Å². The van der Waals surface area contributed by atoms with E-state index in [0.717, 1.165) is 27.5 Å². The fourth-order valence-electron chi connectivity index (χ4n) is 2.76. The topological polar surface area (TPSA) is 95.6 Å². The SMILES string of the molecule is Nc1nc(N)c2c(ccc3c2ccn3Cc2ccccn2)n1. The first-order chi connectivity index (χ1) is 10.7. The number of anilines is 2. The molecule has 4 rings (SSSR count). The number of nitrogens with zero attached hydrogens (tertiary/aromatic N) is 4. The van der Waals surface area contributed by atoms with Gasteiger partial charge >= 0.3 is 0 Å². The molecule has 0 aliphatic rings. The van der Waals surface area contributed by atoms with Crippen LogP contribution >= 0.6 is 0 Å². The van der Waals surface area contributed by atoms with Crippen LogP contribution in [0.5, 0.6) is 0 Å². The van der Waals surface area contributed by atoms with E-state index in [9.17, 15) is 0 Å². The van der Waals surface area contributed by atoms with E-state index in [1.165, 1.54) is 0 Å². The predicted octanol–water partition coefficient (Wildman–Crippen LogP) is 2.19. The van der Waals surface area contributed by atoms with Crippen molar-refractivity contribution in [1.82, 2.24) is 19.5 Å². The number of rotatable bonds is 2. The lowest BCUT2D eigenvalue weighted by molar-refractivity contribution is 0.808. The van der Waals surface area contributed by atoms with Crippen molar-refractivity contribution >= 4 is 33.6 Å². The second kappa shape index (κ2) is 4.70. The normalized spacial score (nSPS) is 11.3. The van der Waals surface area contributed by atoms with E-state index in [1.54, 1.807) is 6.20 Å². The molecule has 0 spiro atoms. The van der Waals surface area contributed by atoms with Gasteiger partial charge in [0.15, 0.2) is 0 Å². The molecule has 0 amide bonds. The first-order valence-electron chi connectivity index (χ1n) is 6.93. The van der Waals surface area contributed by atoms with Crippen molar-refractivity contribution in [3.63, 3.8) is 0 Å². The molecular weight excluding hydrogens is 276 g/mol. The number of benzene rings is 1. The molecule has 22 heavy (non-hydrogen) atoms. The molecule has 6 heteroatoms. The zero-order valence-electron chi connectivity index (χ0n) is 11.8. The quantitative estimate of drug-likeness (QED) is 0.590. The Kier molecular flexibility index (Phi) is 2.69. The Labute approximate surface area is 126 Å². The minimum absolute atomic E-state index is 0.192. The number of aromatic nitrogens is 4. The van der Waals surface area contributed by atoms with E-state index >= 15 is 0 Å². The average Bonchev–Trinajstić information content (AvgIpc) is 2.90. The summed E-state index contributed by atoms with van der Waals surface area (Å²) >= 11 is 0. The summed E-state index contributed by atoms with van der Waals surface area (Å²) in [4.78, 5) is 12.7. The number of hydrogen-bond donors (Lipinski definition) is 2. The molecule has 1 aromatic carbocycles. The van der Waals surface area contributed by atoms with Crippen LogP contribution in [0.3, 0.4) is 0 Å². The second-order valence-corrected chi connectivity index (χ2v) is 5.12. The first kappa shape index (κ1) is 12.6. The summed E-state index contributed by atoms with van der Waals surface area (Å²) in [5.74, 6) is 0.598. The van der Waals surface area contributed by atoms with E-state index in [4.69, 9.17) is 11.5 Å². The highest BCUT2D eigenvalue weighted by Gasteiger charge is 2.11. The maximum Gasteiger partial charge on any atom is 0.222 e. The lowest BCUT2D eigenvalue weighted by Crippen LogP contribution is -2.02. The van der Waals surface area contributed by atoms with E-state index in [-0.39, 0.29) is 5.95 Å². The van der Waals surface area contributed by atoms with Crippen LogP contribution in [0.2, 0.25) is 0 Å². The van der Waals surface area contributed by atoms with E-state index in [0.29, 0.717) is 12.4 Å². The van der Waals surface area contributed by atoms with Crippen molar-refractivity contribution < 1.29 is 0 Å². The molecule has 0 saturated heterocycles. The number of fused-ring (bicyclic) bond motifs is 3. The van der Waals surface area contributed by atoms with Gasteiger partial charge < -0.3 is 16.0 Å². The summed E-state index contributed by atoms with van der Waals surface area (Å²) in [5.41, 5.74) is 14.5. The van der Waals surface area contributed by atoms with Crippen molar-refractivity contribution in [2.45, 2.75) is 6.54 Å². The fraction of sp³-hybridized carbons (Fsp3) is 0.0625. The van der Waals surface area contributed by atoms with Crippen LogP contribution in [-0.4, -0.2) is 19.5 Å². The highest BCUT2D eigenvalue weighted by Crippen LogP contribution is 2.29. The lowest BCUT2D eigenvalue weighted by Gasteiger charge is -2.07. The van der Waals surface area contributed by atoms with E-state index in [2.05, 4.69) is 19.5 Å². The van der Waals surface area contributed by atoms with Crippen molar-refractivity contribution in [3.8, 4) is 0 Å². The number of nitrogens with two attached hydrogens (primary N) is 2. The Morgan fingerprint density at radius 2 is 1.91 bits per heavy atom. The smallest absolute Gasteiger partial charge is 0.222 e. The van der Waals surface area contributed by atoms with Gasteiger partial charge in [0.2, 0.25) is 5.95 Å². The Hall–Kier alpha value is -3.15. The summed E-state index contributed by atoms with van der Waals surface area (Å²) in [6, 6.07) is 11.9. The summed E-state index contributed by atoms with van der Waals surface area (Å²) in [5, 5.41) is 1.86. The molecule has 0 radical (unpaired) electrons. The minimum Gasteiger partial charge on any atom is -0.383 e. The maximum absolute atomic E-state index is 6.03. The maximum atomic E-state index is 6.03. The lowest BCUT2D eigenvalue weighted by atomic mass is 10.1. The van der Waals surface area contributed by atoms with Crippen LogP contribution in [-0.2, 0) is 6.54 Å². The molecular formula is C16H14N6. The highest BCUT2D eigenvalue weighted by molar-refractivity contribution is 6.10. The zero-order valence-corrected chi connectivity index (χ0v) is 11.8. The molecule has 0 fully saturated rings. The molecule has 4 aromatic rings. The van der Waals surface area contributed by atoms with Gasteiger partial charge in [0.05, 0.1) is 23.1 Å². The molecule has 4 N–H and O–H groups in total. The van der Waals surface area contributed by atoms with Crippen molar-refractivity contribution in [2.24, 2.45) is 0 Å². The Morgan fingerprint density at radius 3 is 2.73 bits per heavy atom. The summed E-state index contributed by atoms with van der Waals surface area (Å²) in [6.07, 6.45) is 3.82. The average molecular weight is 290 g/mol. The molecule has 0 saturated carbocycles. The van der Waals surface area contributed by atoms with Crippen LogP contribution in [0.4, 0.5) is 11.8 Å². The molecule has 0 aliphatic heterocycles. The van der Waals surface area contributed by atoms with Gasteiger partial charge in [0.1, 0.15) is 5.82 Å². The molecule has 0 bridgehead atoms. The largest absolute Gasteiger partial charge is 0.383 e. The third-order valence-corrected chi connectivity index (χ3v) is 3.72. The number of pyridine rings is 1. The standard InChI is InChI=1S/C16H14N6/c17-15-14-11-6-8-22(9-10-3-1-2-7-19-10)13(11)5-4-12(14)20-16(18)21-15/h1-8H,9H2,(H4,17,18,20,21). The molecule has 0 atom stereocenters. The van der Waals surface area contributed by atoms with Gasteiger partial charge in [0.25, 0.3) is 0 Å². The van der Waals surface area contributed by atoms with E-state index < -0.39 is 0 Å². The molecule has 0 unspecified atom stereocenters. The highest BCUT2D eigenvalue weighted by atomic mass is 15.0. The molecule has 0 aliphatic carbocycles. The summed E-state index contributed by atoms with van der Waals surface area (Å²) in [6.45, 7) is 0.700. The molecule has 3 heterocycles. The first-order valence-corrected chi connectivity index (χ1v) is 6.93. The number of hydrogen-bond acceptors (Lipinski definition) is 5. The minimum atomic E-state index is 0.192. The van der Waals surface area contributed by atoms with Crippen molar-refractivity contribution in [1.29, 1.82) is 0 Å². The Morgan fingerprint density at radius 1 is 1.00 bits per heavy atom. The zero-order chi connectivity index (χ0) is 15.1. The Bertz CT molecular complexity index is 974. The van der Waals surface area contributed by atoms with Gasteiger partial charge in [-0.25, -0.2) is 4.98 Å². The third kappa shape index (κ3) is 1.93. The van der Waals surface area contributed by atoms with Crippen molar-refractivity contribution in [2.75, 3.05) is 11.5 Å². The molecule has 6 nitrogen and oxygen atoms in total. The third-order valence-electron chi connectivity index (χ3n) is 3.72. The summed E-state index contributed by atoms with van der Waals surface area (Å²) < 4.78 is 2.13. The second-order valence-electron chi connectivity index (χ2n) is 5.12. The Balaban J connectivity index is 1.91. The monoisotopic (exact) mass is 290 g/mol. The van der Waals surface area contributed by atoms with Gasteiger partial charge in [-0.3, -0.25) is 4.98 Å². The van der Waals surface area contributed by atoms with E-state index in [1.807, 2.05) is 42.6 Å². The fourth-order valence-corrected chi connectivity index (χ4v) is 2.76. The predicted molar refractivity (Wildman–Crippen MR) is 87.2 cm³/mol. The van der Waals surface area contributed by atoms with Crippen LogP contribution in [0.25, 0.3) is 21.8 Å². The van der Waals surface area contributed by atoms with Gasteiger partial charge in [0, 0.05) is 23.3 Å². The van der Waals surface area contributed by atoms with Crippen LogP contribution in [0.1, 0.15) is 5.69 Å². The van der Waals surface area contributed by atoms with Crippen LogP contribution in [0, 0.1) is 0 Å². The van der Waals surface area contributed by atoms with Gasteiger partial charge in [-0.15, -0.1) is 0 Å².